The molecule has 1 aliphatic rings. The molecule has 1 heterocycles. The molecule has 1 fully saturated rings. The van der Waals surface area contributed by atoms with Crippen molar-refractivity contribution in [2.75, 3.05) is 12.8 Å². The minimum absolute atomic E-state index is 0.110. The fourth-order valence-corrected chi connectivity index (χ4v) is 5.16. The van der Waals surface area contributed by atoms with E-state index < -0.39 is 11.2 Å². The van der Waals surface area contributed by atoms with Crippen molar-refractivity contribution in [3.63, 3.8) is 0 Å². The molecular weight excluding hydrogens is 374 g/mol. The number of hydrogen-bond acceptors (Lipinski definition) is 4. The van der Waals surface area contributed by atoms with Crippen molar-refractivity contribution in [3.8, 4) is 0 Å². The SMILES string of the molecule is CC(C)[C@@H]1CC[C@@H](C)CC1C(=O)n1c(=O)n(CCN)c2cc([S+](C)[O-])ccc21. The number of aromatic nitrogens is 2. The van der Waals surface area contributed by atoms with Gasteiger partial charge in [-0.15, -0.1) is 0 Å². The Balaban J connectivity index is 2.14. The molecule has 1 aromatic carbocycles. The standard InChI is InChI=1S/C21H31N3O3S/c1-13(2)16-7-5-14(3)11-17(16)20(25)24-18-8-6-15(28(4)27)12-19(18)23(10-9-22)21(24)26/h6,8,12-14,16-17H,5,7,9-11,22H2,1-4H3/t14-,16+,17?,28?/m1/s1. The number of benzene rings is 1. The van der Waals surface area contributed by atoms with Gasteiger partial charge in [0.25, 0.3) is 0 Å². The topological polar surface area (TPSA) is 93.1 Å². The average molecular weight is 406 g/mol. The molecule has 0 saturated heterocycles. The molecule has 28 heavy (non-hydrogen) atoms. The lowest BCUT2D eigenvalue weighted by atomic mass is 9.69. The number of nitrogens with two attached hydrogens (primary N) is 1. The number of imidazole rings is 1. The molecule has 4 atom stereocenters. The van der Waals surface area contributed by atoms with Crippen molar-refractivity contribution in [1.29, 1.82) is 0 Å². The number of hydrogen-bond donors (Lipinski definition) is 1. The van der Waals surface area contributed by atoms with Crippen molar-refractivity contribution in [2.45, 2.75) is 51.5 Å². The number of carbonyl (C=O) groups is 1. The Kier molecular flexibility index (Phi) is 6.37. The van der Waals surface area contributed by atoms with Gasteiger partial charge in [-0.1, -0.05) is 27.2 Å². The van der Waals surface area contributed by atoms with Crippen LogP contribution in [0.2, 0.25) is 0 Å². The van der Waals surface area contributed by atoms with E-state index in [0.717, 1.165) is 19.3 Å². The highest BCUT2D eigenvalue weighted by Gasteiger charge is 2.37. The Labute approximate surface area is 169 Å². The summed E-state index contributed by atoms with van der Waals surface area (Å²) in [7, 11) is 0. The van der Waals surface area contributed by atoms with E-state index in [1.807, 2.05) is 0 Å². The molecule has 7 heteroatoms. The van der Waals surface area contributed by atoms with Gasteiger partial charge in [-0.3, -0.25) is 9.36 Å². The summed E-state index contributed by atoms with van der Waals surface area (Å²) < 4.78 is 14.8. The van der Waals surface area contributed by atoms with Crippen LogP contribution in [0.25, 0.3) is 11.0 Å². The van der Waals surface area contributed by atoms with Gasteiger partial charge in [-0.05, 0) is 53.9 Å². The van der Waals surface area contributed by atoms with Gasteiger partial charge in [0.1, 0.15) is 6.26 Å². The Morgan fingerprint density at radius 1 is 1.32 bits per heavy atom. The zero-order chi connectivity index (χ0) is 20.6. The molecule has 0 spiro atoms. The largest absolute Gasteiger partial charge is 0.612 e. The summed E-state index contributed by atoms with van der Waals surface area (Å²) >= 11 is -1.17. The summed E-state index contributed by atoms with van der Waals surface area (Å²) in [6.07, 6.45) is 4.56. The van der Waals surface area contributed by atoms with Crippen LogP contribution in [0, 0.1) is 23.7 Å². The first-order valence-electron chi connectivity index (χ1n) is 10.1. The van der Waals surface area contributed by atoms with Crippen molar-refractivity contribution in [1.82, 2.24) is 9.13 Å². The molecule has 154 valence electrons. The molecule has 2 aromatic rings. The lowest BCUT2D eigenvalue weighted by molar-refractivity contribution is 0.0633. The summed E-state index contributed by atoms with van der Waals surface area (Å²) in [5.74, 6) is 0.889. The second kappa shape index (κ2) is 8.43. The van der Waals surface area contributed by atoms with E-state index in [2.05, 4.69) is 20.8 Å². The summed E-state index contributed by atoms with van der Waals surface area (Å²) in [4.78, 5) is 27.4. The van der Waals surface area contributed by atoms with Gasteiger partial charge in [-0.25, -0.2) is 9.36 Å². The maximum absolute atomic E-state index is 13.6. The monoisotopic (exact) mass is 405 g/mol. The first kappa shape index (κ1) is 21.1. The Morgan fingerprint density at radius 2 is 2.04 bits per heavy atom. The Bertz CT molecular complexity index is 915. The highest BCUT2D eigenvalue weighted by atomic mass is 32.2. The molecule has 1 saturated carbocycles. The minimum Gasteiger partial charge on any atom is -0.612 e. The van der Waals surface area contributed by atoms with Crippen LogP contribution in [0.4, 0.5) is 0 Å². The van der Waals surface area contributed by atoms with Crippen LogP contribution in [0.15, 0.2) is 27.9 Å². The second-order valence-electron chi connectivity index (χ2n) is 8.43. The molecule has 2 unspecified atom stereocenters. The highest BCUT2D eigenvalue weighted by Crippen LogP contribution is 2.39. The summed E-state index contributed by atoms with van der Waals surface area (Å²) in [5.41, 5.74) is 6.58. The number of fused-ring (bicyclic) bond motifs is 1. The average Bonchev–Trinajstić information content (AvgIpc) is 2.92. The van der Waals surface area contributed by atoms with Crippen LogP contribution < -0.4 is 11.4 Å². The Morgan fingerprint density at radius 3 is 2.64 bits per heavy atom. The fraction of sp³-hybridized carbons (Fsp3) is 0.619. The van der Waals surface area contributed by atoms with Gasteiger partial charge in [-0.2, -0.15) is 0 Å². The molecule has 0 radical (unpaired) electrons. The van der Waals surface area contributed by atoms with E-state index in [9.17, 15) is 14.1 Å². The normalized spacial score (nSPS) is 24.0. The third kappa shape index (κ3) is 3.80. The predicted molar refractivity (Wildman–Crippen MR) is 113 cm³/mol. The van der Waals surface area contributed by atoms with Crippen LogP contribution in [0.1, 0.15) is 44.8 Å². The molecule has 0 amide bonds. The third-order valence-corrected chi connectivity index (χ3v) is 7.06. The summed E-state index contributed by atoms with van der Waals surface area (Å²) in [6, 6.07) is 5.22. The Hall–Kier alpha value is -1.57. The van der Waals surface area contributed by atoms with Gasteiger partial charge in [0.05, 0.1) is 11.0 Å². The van der Waals surface area contributed by atoms with Crippen molar-refractivity contribution in [3.05, 3.63) is 28.7 Å². The zero-order valence-corrected chi connectivity index (χ0v) is 18.0. The van der Waals surface area contributed by atoms with Crippen LogP contribution in [-0.4, -0.2) is 32.4 Å². The van der Waals surface area contributed by atoms with E-state index >= 15 is 0 Å². The predicted octanol–water partition coefficient (Wildman–Crippen LogP) is 2.85. The van der Waals surface area contributed by atoms with E-state index in [4.69, 9.17) is 5.73 Å². The second-order valence-corrected chi connectivity index (χ2v) is 9.81. The molecule has 3 rings (SSSR count). The minimum atomic E-state index is -1.17. The number of rotatable bonds is 5. The van der Waals surface area contributed by atoms with Gasteiger partial charge in [0, 0.05) is 25.1 Å². The van der Waals surface area contributed by atoms with Crippen molar-refractivity contribution < 1.29 is 9.35 Å². The van der Waals surface area contributed by atoms with Crippen molar-refractivity contribution in [2.24, 2.45) is 29.4 Å². The molecule has 1 aliphatic carbocycles. The van der Waals surface area contributed by atoms with Crippen LogP contribution in [-0.2, 0) is 17.7 Å². The lowest BCUT2D eigenvalue weighted by Crippen LogP contribution is -2.40. The third-order valence-electron chi connectivity index (χ3n) is 6.15. The van der Waals surface area contributed by atoms with Gasteiger partial charge >= 0.3 is 5.69 Å². The number of carbonyl (C=O) groups excluding carboxylic acids is 1. The van der Waals surface area contributed by atoms with E-state index in [1.165, 1.54) is 4.57 Å². The van der Waals surface area contributed by atoms with E-state index in [0.29, 0.717) is 40.9 Å². The van der Waals surface area contributed by atoms with Gasteiger partial charge in [0.2, 0.25) is 5.91 Å². The first-order valence-corrected chi connectivity index (χ1v) is 11.6. The maximum atomic E-state index is 13.6. The first-order chi connectivity index (χ1) is 13.3. The highest BCUT2D eigenvalue weighted by molar-refractivity contribution is 7.90. The van der Waals surface area contributed by atoms with Crippen LogP contribution in [0.3, 0.4) is 0 Å². The maximum Gasteiger partial charge on any atom is 0.336 e. The van der Waals surface area contributed by atoms with Crippen molar-refractivity contribution >= 4 is 28.1 Å². The summed E-state index contributed by atoms with van der Waals surface area (Å²) in [5, 5.41) is 0. The molecular formula is C21H31N3O3S. The zero-order valence-electron chi connectivity index (χ0n) is 17.2. The molecule has 2 N–H and O–H groups in total. The van der Waals surface area contributed by atoms with E-state index in [1.54, 1.807) is 29.0 Å². The number of nitrogens with zero attached hydrogens (tertiary/aromatic N) is 2. The van der Waals surface area contributed by atoms with Gasteiger partial charge < -0.3 is 10.3 Å². The molecule has 0 bridgehead atoms. The molecule has 1 aromatic heterocycles. The fourth-order valence-electron chi connectivity index (χ4n) is 4.62. The lowest BCUT2D eigenvalue weighted by Gasteiger charge is -2.36. The van der Waals surface area contributed by atoms with Crippen LogP contribution in [0.5, 0.6) is 0 Å². The van der Waals surface area contributed by atoms with E-state index in [-0.39, 0.29) is 23.4 Å². The van der Waals surface area contributed by atoms with Gasteiger partial charge in [0.15, 0.2) is 4.90 Å². The molecule has 6 nitrogen and oxygen atoms in total. The smallest absolute Gasteiger partial charge is 0.336 e. The molecule has 0 aliphatic heterocycles. The van der Waals surface area contributed by atoms with Crippen LogP contribution >= 0.6 is 0 Å². The summed E-state index contributed by atoms with van der Waals surface area (Å²) in [6.45, 7) is 7.11. The quantitative estimate of drug-likeness (QED) is 0.774.